The van der Waals surface area contributed by atoms with Gasteiger partial charge in [-0.25, -0.2) is 0 Å². The van der Waals surface area contributed by atoms with Crippen LogP contribution in [0.5, 0.6) is 0 Å². The minimum absolute atomic E-state index is 0.172. The first kappa shape index (κ1) is 19.8. The van der Waals surface area contributed by atoms with Gasteiger partial charge in [-0.15, -0.1) is 6.58 Å². The van der Waals surface area contributed by atoms with Crippen molar-refractivity contribution in [2.75, 3.05) is 26.7 Å². The summed E-state index contributed by atoms with van der Waals surface area (Å²) in [6.07, 6.45) is 3.42. The van der Waals surface area contributed by atoms with Gasteiger partial charge in [-0.2, -0.15) is 5.06 Å². The number of carbonyl (C=O) groups excluding carboxylic acids is 1. The second-order valence-electron chi connectivity index (χ2n) is 6.23. The number of hydrogen-bond acceptors (Lipinski definition) is 4. The third-order valence-electron chi connectivity index (χ3n) is 3.06. The molecule has 0 fully saturated rings. The Balaban J connectivity index is 3.99. The summed E-state index contributed by atoms with van der Waals surface area (Å²) in [6, 6.07) is 0. The first-order valence-electron chi connectivity index (χ1n) is 7.37. The zero-order valence-electron chi connectivity index (χ0n) is 13.9. The van der Waals surface area contributed by atoms with Crippen molar-refractivity contribution in [3.8, 4) is 0 Å². The van der Waals surface area contributed by atoms with Crippen LogP contribution in [-0.4, -0.2) is 43.3 Å². The molecule has 1 atom stereocenters. The summed E-state index contributed by atoms with van der Waals surface area (Å²) in [5.74, 6) is 0.353. The molecule has 0 aromatic heterocycles. The van der Waals surface area contributed by atoms with Crippen LogP contribution < -0.4 is 11.1 Å². The topological polar surface area (TPSA) is 67.6 Å². The number of carbonyl (C=O) groups is 1. The highest BCUT2D eigenvalue weighted by Crippen LogP contribution is 2.17. The van der Waals surface area contributed by atoms with Gasteiger partial charge in [0.2, 0.25) is 5.91 Å². The summed E-state index contributed by atoms with van der Waals surface area (Å²) in [6.45, 7) is 14.9. The molecule has 0 saturated carbocycles. The Hall–Kier alpha value is -1.17. The lowest BCUT2D eigenvalue weighted by atomic mass is 9.89. The quantitative estimate of drug-likeness (QED) is 0.347. The summed E-state index contributed by atoms with van der Waals surface area (Å²) in [5.41, 5.74) is 6.44. The van der Waals surface area contributed by atoms with Crippen LogP contribution >= 0.6 is 0 Å². The van der Waals surface area contributed by atoms with Crippen LogP contribution in [0.25, 0.3) is 0 Å². The van der Waals surface area contributed by atoms with E-state index >= 15 is 0 Å². The highest BCUT2D eigenvalue weighted by Gasteiger charge is 2.20. The highest BCUT2D eigenvalue weighted by molar-refractivity contribution is 5.93. The Morgan fingerprint density at radius 2 is 2.14 bits per heavy atom. The fourth-order valence-corrected chi connectivity index (χ4v) is 2.06. The zero-order valence-corrected chi connectivity index (χ0v) is 13.9. The van der Waals surface area contributed by atoms with Crippen molar-refractivity contribution in [2.24, 2.45) is 11.7 Å². The Morgan fingerprint density at radius 3 is 2.67 bits per heavy atom. The molecular formula is C16H31N3O2. The molecule has 0 spiro atoms. The van der Waals surface area contributed by atoms with Crippen LogP contribution in [0.15, 0.2) is 24.8 Å². The summed E-state index contributed by atoms with van der Waals surface area (Å²) < 4.78 is 0. The number of hydrogen-bond donors (Lipinski definition) is 2. The molecule has 1 unspecified atom stereocenters. The van der Waals surface area contributed by atoms with Crippen molar-refractivity contribution in [3.63, 3.8) is 0 Å². The fourth-order valence-electron chi connectivity index (χ4n) is 2.06. The molecule has 21 heavy (non-hydrogen) atoms. The van der Waals surface area contributed by atoms with E-state index in [1.165, 1.54) is 0 Å². The average Bonchev–Trinajstić information content (AvgIpc) is 2.38. The molecular weight excluding hydrogens is 266 g/mol. The second-order valence-corrected chi connectivity index (χ2v) is 6.23. The minimum Gasteiger partial charge on any atom is -0.349 e. The van der Waals surface area contributed by atoms with E-state index in [9.17, 15) is 4.79 Å². The van der Waals surface area contributed by atoms with Crippen LogP contribution in [0.1, 0.15) is 33.6 Å². The maximum absolute atomic E-state index is 11.6. The summed E-state index contributed by atoms with van der Waals surface area (Å²) in [7, 11) is 1.83. The zero-order chi connectivity index (χ0) is 16.5. The molecule has 3 N–H and O–H groups in total. The van der Waals surface area contributed by atoms with E-state index in [1.807, 2.05) is 7.05 Å². The predicted molar refractivity (Wildman–Crippen MR) is 87.6 cm³/mol. The molecule has 0 rings (SSSR count). The molecule has 0 aliphatic carbocycles. The molecule has 0 aromatic carbocycles. The van der Waals surface area contributed by atoms with E-state index in [4.69, 9.17) is 10.6 Å². The minimum atomic E-state index is -0.216. The van der Waals surface area contributed by atoms with Crippen molar-refractivity contribution >= 4 is 5.91 Å². The smallest absolute Gasteiger partial charge is 0.249 e. The van der Waals surface area contributed by atoms with E-state index < -0.39 is 0 Å². The molecule has 0 saturated heterocycles. The first-order valence-corrected chi connectivity index (χ1v) is 7.37. The third kappa shape index (κ3) is 10.2. The molecule has 5 heteroatoms. The fraction of sp³-hybridized carbons (Fsp3) is 0.688. The van der Waals surface area contributed by atoms with E-state index in [-0.39, 0.29) is 18.1 Å². The van der Waals surface area contributed by atoms with Gasteiger partial charge in [0.15, 0.2) is 0 Å². The lowest BCUT2D eigenvalue weighted by molar-refractivity contribution is -0.138. The lowest BCUT2D eigenvalue weighted by Gasteiger charge is -2.28. The van der Waals surface area contributed by atoms with Crippen molar-refractivity contribution in [1.82, 2.24) is 10.4 Å². The molecule has 0 bridgehead atoms. The Morgan fingerprint density at radius 1 is 1.52 bits per heavy atom. The maximum Gasteiger partial charge on any atom is 0.249 e. The maximum atomic E-state index is 11.6. The Bertz CT molecular complexity index is 351. The monoisotopic (exact) mass is 297 g/mol. The normalized spacial score (nSPS) is 14.0. The molecule has 5 nitrogen and oxygen atoms in total. The highest BCUT2D eigenvalue weighted by atomic mass is 16.7. The van der Waals surface area contributed by atoms with Gasteiger partial charge in [0.05, 0.1) is 6.61 Å². The Kier molecular flexibility index (Phi) is 9.17. The van der Waals surface area contributed by atoms with E-state index in [1.54, 1.807) is 11.1 Å². The van der Waals surface area contributed by atoms with Gasteiger partial charge in [-0.05, 0) is 25.7 Å². The van der Waals surface area contributed by atoms with E-state index in [0.717, 1.165) is 12.8 Å². The van der Waals surface area contributed by atoms with Crippen molar-refractivity contribution in [2.45, 2.75) is 39.2 Å². The second kappa shape index (κ2) is 9.71. The largest absolute Gasteiger partial charge is 0.349 e. The van der Waals surface area contributed by atoms with Gasteiger partial charge in [0.25, 0.3) is 0 Å². The number of amides is 1. The van der Waals surface area contributed by atoms with E-state index in [0.29, 0.717) is 24.6 Å². The van der Waals surface area contributed by atoms with Crippen molar-refractivity contribution in [1.29, 1.82) is 0 Å². The SMILES string of the molecule is C=CCNC(=O)C(=C)CON(C)CCC(C)(N)CC(C)C. The van der Waals surface area contributed by atoms with Gasteiger partial charge in [0, 0.05) is 31.2 Å². The standard InChI is InChI=1S/C16H31N3O2/c1-7-9-18-15(20)14(4)12-21-19(6)10-8-16(5,17)11-13(2)3/h7,13H,1,4,8-12,17H2,2-3,5-6H3,(H,18,20). The molecule has 1 amide bonds. The number of hydroxylamine groups is 2. The Labute approximate surface area is 129 Å². The summed E-state index contributed by atoms with van der Waals surface area (Å²) in [5, 5.41) is 4.36. The summed E-state index contributed by atoms with van der Waals surface area (Å²) in [4.78, 5) is 17.1. The first-order chi connectivity index (χ1) is 9.68. The third-order valence-corrected chi connectivity index (χ3v) is 3.06. The molecule has 122 valence electrons. The van der Waals surface area contributed by atoms with Crippen LogP contribution in [0.3, 0.4) is 0 Å². The van der Waals surface area contributed by atoms with Gasteiger partial charge >= 0.3 is 0 Å². The van der Waals surface area contributed by atoms with Crippen molar-refractivity contribution in [3.05, 3.63) is 24.8 Å². The average molecular weight is 297 g/mol. The number of nitrogens with zero attached hydrogens (tertiary/aromatic N) is 1. The molecule has 0 radical (unpaired) electrons. The van der Waals surface area contributed by atoms with Gasteiger partial charge < -0.3 is 11.1 Å². The van der Waals surface area contributed by atoms with Gasteiger partial charge in [-0.1, -0.05) is 26.5 Å². The van der Waals surface area contributed by atoms with Gasteiger partial charge in [0.1, 0.15) is 0 Å². The van der Waals surface area contributed by atoms with Crippen LogP contribution in [0.4, 0.5) is 0 Å². The lowest BCUT2D eigenvalue weighted by Crippen LogP contribution is -2.41. The predicted octanol–water partition coefficient (Wildman–Crippen LogP) is 1.86. The van der Waals surface area contributed by atoms with Gasteiger partial charge in [-0.3, -0.25) is 9.63 Å². The van der Waals surface area contributed by atoms with Crippen LogP contribution in [-0.2, 0) is 9.63 Å². The van der Waals surface area contributed by atoms with E-state index in [2.05, 4.69) is 39.2 Å². The summed E-state index contributed by atoms with van der Waals surface area (Å²) >= 11 is 0. The number of rotatable bonds is 11. The van der Waals surface area contributed by atoms with Crippen LogP contribution in [0, 0.1) is 5.92 Å². The molecule has 0 heterocycles. The number of nitrogens with two attached hydrogens (primary N) is 1. The molecule has 0 aliphatic heterocycles. The van der Waals surface area contributed by atoms with Crippen LogP contribution in [0.2, 0.25) is 0 Å². The number of nitrogens with one attached hydrogen (secondary N) is 1. The molecule has 0 aliphatic rings. The van der Waals surface area contributed by atoms with Crippen molar-refractivity contribution < 1.29 is 9.63 Å². The molecule has 0 aromatic rings.